The molecule has 0 amide bonds. The SMILES string of the molecule is CC(O)[C@@H](CO)O[C@H](C)n1cc(/C=C/C(=O)O)c(=O)[nH]c1=O. The molecule has 0 radical (unpaired) electrons. The molecule has 0 saturated heterocycles. The number of hydrogen-bond donors (Lipinski definition) is 4. The summed E-state index contributed by atoms with van der Waals surface area (Å²) in [6.45, 7) is 2.45. The number of carbonyl (C=O) groups is 1. The molecule has 0 bridgehead atoms. The Bertz CT molecular complexity index is 659. The summed E-state index contributed by atoms with van der Waals surface area (Å²) in [6, 6.07) is 0. The quantitative estimate of drug-likeness (QED) is 0.468. The zero-order chi connectivity index (χ0) is 16.9. The van der Waals surface area contributed by atoms with E-state index in [-0.39, 0.29) is 5.56 Å². The molecular weight excluding hydrogens is 296 g/mol. The van der Waals surface area contributed by atoms with Gasteiger partial charge in [0.25, 0.3) is 5.56 Å². The first kappa shape index (κ1) is 17.8. The van der Waals surface area contributed by atoms with Crippen molar-refractivity contribution in [3.05, 3.63) is 38.7 Å². The standard InChI is InChI=1S/C13H18N2O7/c1-7(17)10(6-16)22-8(2)15-5-9(3-4-11(18)19)12(20)14-13(15)21/h3-5,7-8,10,16-17H,6H2,1-2H3,(H,18,19)(H,14,20,21)/b4-3+/t7?,8-,10-/m1/s1. The van der Waals surface area contributed by atoms with E-state index >= 15 is 0 Å². The minimum absolute atomic E-state index is 0.0463. The molecule has 1 aromatic rings. The molecule has 0 saturated carbocycles. The number of aromatic amines is 1. The van der Waals surface area contributed by atoms with Gasteiger partial charge in [0.2, 0.25) is 0 Å². The van der Waals surface area contributed by atoms with E-state index in [1.165, 1.54) is 13.8 Å². The molecule has 1 unspecified atom stereocenters. The van der Waals surface area contributed by atoms with Crippen LogP contribution in [0.3, 0.4) is 0 Å². The molecular formula is C13H18N2O7. The van der Waals surface area contributed by atoms with Gasteiger partial charge in [0, 0.05) is 12.3 Å². The molecule has 0 fully saturated rings. The van der Waals surface area contributed by atoms with Crippen LogP contribution in [0.15, 0.2) is 21.9 Å². The Kier molecular flexibility index (Phi) is 6.23. The molecule has 0 aliphatic rings. The summed E-state index contributed by atoms with van der Waals surface area (Å²) in [5.41, 5.74) is -1.54. The smallest absolute Gasteiger partial charge is 0.330 e. The summed E-state index contributed by atoms with van der Waals surface area (Å²) in [5, 5.41) is 27.1. The van der Waals surface area contributed by atoms with Crippen molar-refractivity contribution in [2.75, 3.05) is 6.61 Å². The summed E-state index contributed by atoms with van der Waals surface area (Å²) in [5.74, 6) is -1.24. The summed E-state index contributed by atoms with van der Waals surface area (Å²) >= 11 is 0. The third-order valence-corrected chi connectivity index (χ3v) is 2.88. The summed E-state index contributed by atoms with van der Waals surface area (Å²) in [7, 11) is 0. The van der Waals surface area contributed by atoms with E-state index in [1.807, 2.05) is 4.98 Å². The summed E-state index contributed by atoms with van der Waals surface area (Å²) < 4.78 is 6.37. The molecule has 4 N–H and O–H groups in total. The topological polar surface area (TPSA) is 142 Å². The van der Waals surface area contributed by atoms with Crippen molar-refractivity contribution in [3.8, 4) is 0 Å². The van der Waals surface area contributed by atoms with E-state index in [1.54, 1.807) is 0 Å². The number of ether oxygens (including phenoxy) is 1. The van der Waals surface area contributed by atoms with Crippen LogP contribution in [0.4, 0.5) is 0 Å². The Labute approximate surface area is 125 Å². The van der Waals surface area contributed by atoms with Crippen LogP contribution in [-0.2, 0) is 9.53 Å². The van der Waals surface area contributed by atoms with Gasteiger partial charge in [-0.15, -0.1) is 0 Å². The second kappa shape index (κ2) is 7.69. The third-order valence-electron chi connectivity index (χ3n) is 2.88. The second-order valence-corrected chi connectivity index (χ2v) is 4.62. The van der Waals surface area contributed by atoms with Crippen LogP contribution < -0.4 is 11.2 Å². The lowest BCUT2D eigenvalue weighted by Gasteiger charge is -2.24. The second-order valence-electron chi connectivity index (χ2n) is 4.62. The van der Waals surface area contributed by atoms with Crippen molar-refractivity contribution in [2.24, 2.45) is 0 Å². The summed E-state index contributed by atoms with van der Waals surface area (Å²) in [4.78, 5) is 35.9. The van der Waals surface area contributed by atoms with E-state index in [9.17, 15) is 19.5 Å². The molecule has 9 nitrogen and oxygen atoms in total. The molecule has 0 spiro atoms. The first-order valence-electron chi connectivity index (χ1n) is 6.47. The molecule has 122 valence electrons. The number of H-pyrrole nitrogens is 1. The molecule has 9 heteroatoms. The van der Waals surface area contributed by atoms with Crippen molar-refractivity contribution in [1.82, 2.24) is 9.55 Å². The van der Waals surface area contributed by atoms with Crippen LogP contribution in [-0.4, -0.2) is 49.7 Å². The van der Waals surface area contributed by atoms with Crippen molar-refractivity contribution >= 4 is 12.0 Å². The number of nitrogens with one attached hydrogen (secondary N) is 1. The van der Waals surface area contributed by atoms with E-state index in [0.717, 1.165) is 22.9 Å². The number of rotatable bonds is 7. The highest BCUT2D eigenvalue weighted by atomic mass is 16.5. The normalized spacial score (nSPS) is 15.6. The lowest BCUT2D eigenvalue weighted by Crippen LogP contribution is -2.37. The van der Waals surface area contributed by atoms with E-state index in [4.69, 9.17) is 14.9 Å². The molecule has 1 heterocycles. The van der Waals surface area contributed by atoms with Gasteiger partial charge in [0.15, 0.2) is 0 Å². The van der Waals surface area contributed by atoms with Gasteiger partial charge in [-0.05, 0) is 19.9 Å². The minimum Gasteiger partial charge on any atom is -0.478 e. The average Bonchev–Trinajstić information content (AvgIpc) is 2.42. The highest BCUT2D eigenvalue weighted by Gasteiger charge is 2.19. The van der Waals surface area contributed by atoms with Crippen LogP contribution in [0.5, 0.6) is 0 Å². The lowest BCUT2D eigenvalue weighted by molar-refractivity contribution is -0.131. The van der Waals surface area contributed by atoms with Crippen molar-refractivity contribution in [1.29, 1.82) is 0 Å². The first-order valence-corrected chi connectivity index (χ1v) is 6.47. The number of carboxylic acids is 1. The van der Waals surface area contributed by atoms with Crippen LogP contribution in [0.1, 0.15) is 25.6 Å². The predicted octanol–water partition coefficient (Wildman–Crippen LogP) is -1.09. The Morgan fingerprint density at radius 3 is 2.59 bits per heavy atom. The van der Waals surface area contributed by atoms with Gasteiger partial charge in [0.05, 0.1) is 18.3 Å². The van der Waals surface area contributed by atoms with Gasteiger partial charge in [-0.3, -0.25) is 14.3 Å². The molecule has 1 rings (SSSR count). The summed E-state index contributed by atoms with van der Waals surface area (Å²) in [6.07, 6.45) is 0.179. The maximum Gasteiger partial charge on any atom is 0.330 e. The number of nitrogens with zero attached hydrogens (tertiary/aromatic N) is 1. The molecule has 22 heavy (non-hydrogen) atoms. The number of carboxylic acid groups (broad SMARTS) is 1. The largest absolute Gasteiger partial charge is 0.478 e. The van der Waals surface area contributed by atoms with Crippen LogP contribution in [0.25, 0.3) is 6.08 Å². The fourth-order valence-corrected chi connectivity index (χ4v) is 1.68. The molecule has 0 aliphatic heterocycles. The van der Waals surface area contributed by atoms with Crippen molar-refractivity contribution < 1.29 is 24.9 Å². The predicted molar refractivity (Wildman–Crippen MR) is 76.3 cm³/mol. The monoisotopic (exact) mass is 314 g/mol. The van der Waals surface area contributed by atoms with Gasteiger partial charge in [0.1, 0.15) is 12.3 Å². The third kappa shape index (κ3) is 4.65. The molecule has 0 aromatic carbocycles. The zero-order valence-electron chi connectivity index (χ0n) is 12.1. The van der Waals surface area contributed by atoms with Crippen LogP contribution >= 0.6 is 0 Å². The Morgan fingerprint density at radius 2 is 2.09 bits per heavy atom. The van der Waals surface area contributed by atoms with Crippen molar-refractivity contribution in [3.63, 3.8) is 0 Å². The number of hydrogen-bond acceptors (Lipinski definition) is 6. The van der Waals surface area contributed by atoms with E-state index < -0.39 is 42.3 Å². The fraction of sp³-hybridized carbons (Fsp3) is 0.462. The van der Waals surface area contributed by atoms with Crippen LogP contribution in [0, 0.1) is 0 Å². The average molecular weight is 314 g/mol. The maximum atomic E-state index is 11.8. The highest BCUT2D eigenvalue weighted by Crippen LogP contribution is 2.11. The van der Waals surface area contributed by atoms with Gasteiger partial charge in [-0.2, -0.15) is 0 Å². The maximum absolute atomic E-state index is 11.8. The number of aliphatic carboxylic acids is 1. The Hall–Kier alpha value is -2.23. The fourth-order valence-electron chi connectivity index (χ4n) is 1.68. The van der Waals surface area contributed by atoms with Crippen LogP contribution in [0.2, 0.25) is 0 Å². The lowest BCUT2D eigenvalue weighted by atomic mass is 10.2. The zero-order valence-corrected chi connectivity index (χ0v) is 12.1. The van der Waals surface area contributed by atoms with E-state index in [2.05, 4.69) is 0 Å². The number of aliphatic hydroxyl groups excluding tert-OH is 2. The van der Waals surface area contributed by atoms with Gasteiger partial charge in [-0.1, -0.05) is 0 Å². The Balaban J connectivity index is 3.13. The van der Waals surface area contributed by atoms with Gasteiger partial charge < -0.3 is 20.1 Å². The molecule has 0 aliphatic carbocycles. The molecule has 1 aromatic heterocycles. The van der Waals surface area contributed by atoms with Gasteiger partial charge >= 0.3 is 11.7 Å². The first-order chi connectivity index (χ1) is 10.3. The van der Waals surface area contributed by atoms with E-state index in [0.29, 0.717) is 0 Å². The van der Waals surface area contributed by atoms with Gasteiger partial charge in [-0.25, -0.2) is 9.59 Å². The number of aromatic nitrogens is 2. The highest BCUT2D eigenvalue weighted by molar-refractivity contribution is 5.85. The Morgan fingerprint density at radius 1 is 1.45 bits per heavy atom. The molecule has 3 atom stereocenters. The number of aliphatic hydroxyl groups is 2. The minimum atomic E-state index is -1.24. The van der Waals surface area contributed by atoms with Crippen molar-refractivity contribution in [2.45, 2.75) is 32.3 Å².